The Labute approximate surface area is 108 Å². The third kappa shape index (κ3) is 2.88. The quantitative estimate of drug-likeness (QED) is 0.822. The van der Waals surface area contributed by atoms with E-state index >= 15 is 0 Å². The maximum Gasteiger partial charge on any atom is 0.110 e. The van der Waals surface area contributed by atoms with E-state index in [0.717, 1.165) is 18.7 Å². The fourth-order valence-corrected chi connectivity index (χ4v) is 2.35. The zero-order valence-corrected chi connectivity index (χ0v) is 10.6. The van der Waals surface area contributed by atoms with Gasteiger partial charge in [0.1, 0.15) is 6.04 Å². The van der Waals surface area contributed by atoms with Crippen molar-refractivity contribution in [2.45, 2.75) is 18.6 Å². The van der Waals surface area contributed by atoms with Crippen LogP contribution in [0.2, 0.25) is 0 Å². The van der Waals surface area contributed by atoms with E-state index in [1.165, 1.54) is 0 Å². The van der Waals surface area contributed by atoms with E-state index in [4.69, 9.17) is 5.26 Å². The molecule has 0 aromatic heterocycles. The molecule has 1 fully saturated rings. The first-order chi connectivity index (χ1) is 8.63. The second kappa shape index (κ2) is 5.49. The minimum atomic E-state index is -0.923. The molecule has 0 spiro atoms. The first-order valence-electron chi connectivity index (χ1n) is 6.26. The van der Waals surface area contributed by atoms with Gasteiger partial charge in [0, 0.05) is 26.2 Å². The molecule has 1 heterocycles. The van der Waals surface area contributed by atoms with Crippen LogP contribution in [0.5, 0.6) is 0 Å². The third-order valence-electron chi connectivity index (χ3n) is 3.41. The lowest BCUT2D eigenvalue weighted by atomic mass is 9.94. The van der Waals surface area contributed by atoms with Gasteiger partial charge in [-0.05, 0) is 12.5 Å². The lowest BCUT2D eigenvalue weighted by Crippen LogP contribution is -2.54. The first-order valence-corrected chi connectivity index (χ1v) is 6.26. The Morgan fingerprint density at radius 3 is 2.89 bits per heavy atom. The van der Waals surface area contributed by atoms with E-state index in [1.807, 2.05) is 35.2 Å². The summed E-state index contributed by atoms with van der Waals surface area (Å²) in [5, 5.41) is 22.9. The van der Waals surface area contributed by atoms with Gasteiger partial charge in [-0.25, -0.2) is 0 Å². The monoisotopic (exact) mass is 245 g/mol. The summed E-state index contributed by atoms with van der Waals surface area (Å²) in [6, 6.07) is 11.7. The van der Waals surface area contributed by atoms with Crippen LogP contribution in [0.25, 0.3) is 0 Å². The summed E-state index contributed by atoms with van der Waals surface area (Å²) in [6.45, 7) is 4.61. The molecule has 2 rings (SSSR count). The molecule has 1 aliphatic heterocycles. The highest BCUT2D eigenvalue weighted by Crippen LogP contribution is 2.22. The molecule has 2 N–H and O–H groups in total. The van der Waals surface area contributed by atoms with Gasteiger partial charge in [-0.1, -0.05) is 30.3 Å². The van der Waals surface area contributed by atoms with Gasteiger partial charge in [-0.3, -0.25) is 4.90 Å². The van der Waals surface area contributed by atoms with Crippen LogP contribution in [0.3, 0.4) is 0 Å². The van der Waals surface area contributed by atoms with Gasteiger partial charge in [0.25, 0.3) is 0 Å². The molecular weight excluding hydrogens is 226 g/mol. The van der Waals surface area contributed by atoms with Crippen molar-refractivity contribution in [3.8, 4) is 6.07 Å². The first kappa shape index (κ1) is 13.0. The largest absolute Gasteiger partial charge is 0.384 e. The minimum Gasteiger partial charge on any atom is -0.384 e. The Balaban J connectivity index is 2.10. The highest BCUT2D eigenvalue weighted by Gasteiger charge is 2.31. The van der Waals surface area contributed by atoms with Crippen LogP contribution in [0.15, 0.2) is 30.3 Å². The van der Waals surface area contributed by atoms with Gasteiger partial charge in [0.2, 0.25) is 0 Å². The molecule has 4 heteroatoms. The Hall–Kier alpha value is -1.41. The smallest absolute Gasteiger partial charge is 0.110 e. The molecule has 1 saturated heterocycles. The topological polar surface area (TPSA) is 59.3 Å². The predicted octanol–water partition coefficient (Wildman–Crippen LogP) is 0.691. The van der Waals surface area contributed by atoms with Crippen molar-refractivity contribution in [3.05, 3.63) is 35.9 Å². The third-order valence-corrected chi connectivity index (χ3v) is 3.41. The van der Waals surface area contributed by atoms with E-state index in [1.54, 1.807) is 6.92 Å². The minimum absolute atomic E-state index is 0.158. The summed E-state index contributed by atoms with van der Waals surface area (Å²) in [5.41, 5.74) is -0.0338. The molecule has 2 unspecified atom stereocenters. The normalized spacial score (nSPS) is 24.2. The molecule has 1 aliphatic rings. The molecule has 0 bridgehead atoms. The number of hydrogen-bond donors (Lipinski definition) is 2. The van der Waals surface area contributed by atoms with E-state index in [0.29, 0.717) is 13.1 Å². The maximum atomic E-state index is 10.6. The van der Waals surface area contributed by atoms with Crippen molar-refractivity contribution >= 4 is 0 Å². The molecule has 2 atom stereocenters. The van der Waals surface area contributed by atoms with Crippen molar-refractivity contribution < 1.29 is 5.11 Å². The fourth-order valence-electron chi connectivity index (χ4n) is 2.35. The highest BCUT2D eigenvalue weighted by molar-refractivity contribution is 5.22. The number of nitrogens with zero attached hydrogens (tertiary/aromatic N) is 2. The van der Waals surface area contributed by atoms with Gasteiger partial charge in [-0.2, -0.15) is 5.26 Å². The van der Waals surface area contributed by atoms with Gasteiger partial charge < -0.3 is 10.4 Å². The van der Waals surface area contributed by atoms with Crippen LogP contribution in [-0.2, 0) is 5.60 Å². The maximum absolute atomic E-state index is 10.6. The second-order valence-corrected chi connectivity index (χ2v) is 4.96. The van der Waals surface area contributed by atoms with Gasteiger partial charge in [0.15, 0.2) is 0 Å². The van der Waals surface area contributed by atoms with Gasteiger partial charge in [0.05, 0.1) is 11.7 Å². The number of piperazine rings is 1. The Kier molecular flexibility index (Phi) is 3.97. The summed E-state index contributed by atoms with van der Waals surface area (Å²) in [4.78, 5) is 2.05. The molecule has 0 aliphatic carbocycles. The Bertz CT molecular complexity index is 424. The Morgan fingerprint density at radius 1 is 1.50 bits per heavy atom. The van der Waals surface area contributed by atoms with Crippen LogP contribution < -0.4 is 5.32 Å². The average molecular weight is 245 g/mol. The van der Waals surface area contributed by atoms with E-state index in [2.05, 4.69) is 11.4 Å². The van der Waals surface area contributed by atoms with Crippen LogP contribution in [0.4, 0.5) is 0 Å². The van der Waals surface area contributed by atoms with Crippen molar-refractivity contribution in [2.75, 3.05) is 26.2 Å². The SMILES string of the molecule is CC(O)(CN1CCNCC1C#N)c1ccccc1. The highest BCUT2D eigenvalue weighted by atomic mass is 16.3. The van der Waals surface area contributed by atoms with Crippen molar-refractivity contribution in [2.24, 2.45) is 0 Å². The second-order valence-electron chi connectivity index (χ2n) is 4.96. The zero-order valence-electron chi connectivity index (χ0n) is 10.6. The van der Waals surface area contributed by atoms with E-state index in [9.17, 15) is 5.11 Å². The van der Waals surface area contributed by atoms with Crippen molar-refractivity contribution in [1.29, 1.82) is 5.26 Å². The predicted molar refractivity (Wildman–Crippen MR) is 69.9 cm³/mol. The summed E-state index contributed by atoms with van der Waals surface area (Å²) < 4.78 is 0. The molecule has 0 saturated carbocycles. The number of aliphatic hydroxyl groups is 1. The van der Waals surface area contributed by atoms with Gasteiger partial charge in [-0.15, -0.1) is 0 Å². The number of nitriles is 1. The molecule has 18 heavy (non-hydrogen) atoms. The number of benzene rings is 1. The van der Waals surface area contributed by atoms with Crippen LogP contribution in [0, 0.1) is 11.3 Å². The zero-order chi connectivity index (χ0) is 13.0. The molecule has 1 aromatic carbocycles. The van der Waals surface area contributed by atoms with Crippen LogP contribution in [0.1, 0.15) is 12.5 Å². The molecule has 1 aromatic rings. The number of hydrogen-bond acceptors (Lipinski definition) is 4. The van der Waals surface area contributed by atoms with Crippen molar-refractivity contribution in [1.82, 2.24) is 10.2 Å². The molecule has 96 valence electrons. The molecule has 0 amide bonds. The molecule has 0 radical (unpaired) electrons. The summed E-state index contributed by atoms with van der Waals surface area (Å²) in [6.07, 6.45) is 0. The average Bonchev–Trinajstić information content (AvgIpc) is 2.40. The lowest BCUT2D eigenvalue weighted by molar-refractivity contribution is 0.00404. The number of β-amino-alcohol motifs (C(OH)–C–C–N with tert-alkyl or cyclic N) is 1. The molecule has 4 nitrogen and oxygen atoms in total. The van der Waals surface area contributed by atoms with Crippen LogP contribution >= 0.6 is 0 Å². The molecular formula is C14H19N3O. The van der Waals surface area contributed by atoms with E-state index in [-0.39, 0.29) is 6.04 Å². The number of nitrogens with one attached hydrogen (secondary N) is 1. The lowest BCUT2D eigenvalue weighted by Gasteiger charge is -2.37. The fraction of sp³-hybridized carbons (Fsp3) is 0.500. The summed E-state index contributed by atoms with van der Waals surface area (Å²) in [7, 11) is 0. The van der Waals surface area contributed by atoms with Gasteiger partial charge >= 0.3 is 0 Å². The number of rotatable bonds is 3. The van der Waals surface area contributed by atoms with Crippen LogP contribution in [-0.4, -0.2) is 42.2 Å². The summed E-state index contributed by atoms with van der Waals surface area (Å²) in [5.74, 6) is 0. The summed E-state index contributed by atoms with van der Waals surface area (Å²) >= 11 is 0. The Morgan fingerprint density at radius 2 is 2.22 bits per heavy atom. The van der Waals surface area contributed by atoms with E-state index < -0.39 is 5.60 Å². The standard InChI is InChI=1S/C14H19N3O/c1-14(18,12-5-3-2-4-6-12)11-17-8-7-16-10-13(17)9-15/h2-6,13,16,18H,7-8,10-11H2,1H3. The van der Waals surface area contributed by atoms with Crippen molar-refractivity contribution in [3.63, 3.8) is 0 Å².